The number of aromatic carboxylic acids is 1. The summed E-state index contributed by atoms with van der Waals surface area (Å²) in [5.74, 6) is -0.339. The summed E-state index contributed by atoms with van der Waals surface area (Å²) >= 11 is 5.52. The van der Waals surface area contributed by atoms with E-state index in [4.69, 9.17) is 21.4 Å². The number of furan rings is 1. The smallest absolute Gasteiger partial charge is 0.335 e. The first-order chi connectivity index (χ1) is 15.5. The second kappa shape index (κ2) is 9.19. The normalized spacial score (nSPS) is 17.8. The molecular weight excluding hydrogens is 430 g/mol. The molecule has 0 spiro atoms. The largest absolute Gasteiger partial charge is 0.478 e. The zero-order valence-electron chi connectivity index (χ0n) is 17.2. The van der Waals surface area contributed by atoms with Crippen molar-refractivity contribution in [2.45, 2.75) is 19.0 Å². The van der Waals surface area contributed by atoms with E-state index in [-0.39, 0.29) is 24.8 Å². The maximum absolute atomic E-state index is 12.2. The summed E-state index contributed by atoms with van der Waals surface area (Å²) in [5, 5.41) is 12.9. The third-order valence-electron chi connectivity index (χ3n) is 5.11. The lowest BCUT2D eigenvalue weighted by atomic mass is 10.0. The molecule has 0 saturated carbocycles. The van der Waals surface area contributed by atoms with Crippen LogP contribution in [0, 0.1) is 0 Å². The summed E-state index contributed by atoms with van der Waals surface area (Å²) in [6.45, 7) is 1.97. The summed E-state index contributed by atoms with van der Waals surface area (Å²) in [6, 6.07) is 14.9. The highest BCUT2D eigenvalue weighted by molar-refractivity contribution is 7.80. The van der Waals surface area contributed by atoms with Crippen LogP contribution >= 0.6 is 12.2 Å². The van der Waals surface area contributed by atoms with Gasteiger partial charge in [-0.1, -0.05) is 18.2 Å². The molecule has 0 aliphatic carbocycles. The number of thiocarbonyl (C=S) groups is 1. The average molecular weight is 452 g/mol. The van der Waals surface area contributed by atoms with Gasteiger partial charge < -0.3 is 24.5 Å². The Labute approximate surface area is 189 Å². The molecule has 0 radical (unpaired) electrons. The molecule has 4 rings (SSSR count). The highest BCUT2D eigenvalue weighted by Gasteiger charge is 2.42. The van der Waals surface area contributed by atoms with E-state index in [1.807, 2.05) is 18.2 Å². The summed E-state index contributed by atoms with van der Waals surface area (Å²) in [6.07, 6.45) is 1.69. The van der Waals surface area contributed by atoms with Crippen LogP contribution in [0.5, 0.6) is 0 Å². The van der Waals surface area contributed by atoms with Crippen molar-refractivity contribution in [3.8, 4) is 11.3 Å². The Balaban J connectivity index is 1.71. The minimum atomic E-state index is -1.01. The number of nitrogens with one attached hydrogen (secondary N) is 1. The van der Waals surface area contributed by atoms with E-state index in [0.29, 0.717) is 22.2 Å². The summed E-state index contributed by atoms with van der Waals surface area (Å²) in [5.41, 5.74) is 1.55. The van der Waals surface area contributed by atoms with Gasteiger partial charge >= 0.3 is 11.9 Å². The van der Waals surface area contributed by atoms with Crippen LogP contribution in [0.1, 0.15) is 40.8 Å². The van der Waals surface area contributed by atoms with Crippen molar-refractivity contribution in [2.24, 2.45) is 0 Å². The predicted molar refractivity (Wildman–Crippen MR) is 120 cm³/mol. The fourth-order valence-electron chi connectivity index (χ4n) is 3.70. The molecule has 1 aromatic carbocycles. The van der Waals surface area contributed by atoms with Gasteiger partial charge in [0, 0.05) is 11.8 Å². The number of nitrogens with zero attached hydrogens (tertiary/aromatic N) is 2. The molecular formula is C23H21N3O5S. The number of esters is 1. The van der Waals surface area contributed by atoms with Gasteiger partial charge in [-0.25, -0.2) is 4.79 Å². The van der Waals surface area contributed by atoms with Crippen LogP contribution in [0.25, 0.3) is 11.3 Å². The molecule has 164 valence electrons. The van der Waals surface area contributed by atoms with Crippen molar-refractivity contribution in [1.29, 1.82) is 0 Å². The molecule has 8 nitrogen and oxygen atoms in total. The SMILES string of the molecule is CCOC(=O)CN1C(=S)N[C@@H](c2ccccn2)[C@H]1c1ccc(-c2cccc(C(=O)O)c2)o1. The second-order valence-electron chi connectivity index (χ2n) is 7.15. The van der Waals surface area contributed by atoms with E-state index in [2.05, 4.69) is 10.3 Å². The fraction of sp³-hybridized carbons (Fsp3) is 0.217. The maximum atomic E-state index is 12.2. The number of hydrogen-bond acceptors (Lipinski definition) is 6. The highest BCUT2D eigenvalue weighted by Crippen LogP contribution is 2.40. The predicted octanol–water partition coefficient (Wildman–Crippen LogP) is 3.58. The van der Waals surface area contributed by atoms with Crippen LogP contribution in [0.15, 0.2) is 65.2 Å². The standard InChI is InChI=1S/C23H21N3O5S/c1-2-30-19(27)13-26-21(20(25-23(26)32)16-8-3-4-11-24-16)18-10-9-17(31-18)14-6-5-7-15(12-14)22(28)29/h3-12,20-21H,2,13H2,1H3,(H,25,32)(H,28,29)/t20-,21+/m0/s1. The molecule has 9 heteroatoms. The van der Waals surface area contributed by atoms with Gasteiger partial charge in [-0.2, -0.15) is 0 Å². The molecule has 32 heavy (non-hydrogen) atoms. The Hall–Kier alpha value is -3.72. The topological polar surface area (TPSA) is 105 Å². The lowest BCUT2D eigenvalue weighted by Crippen LogP contribution is -2.35. The van der Waals surface area contributed by atoms with Crippen molar-refractivity contribution >= 4 is 29.3 Å². The van der Waals surface area contributed by atoms with Gasteiger partial charge in [-0.05, 0) is 55.5 Å². The van der Waals surface area contributed by atoms with Gasteiger partial charge in [-0.15, -0.1) is 0 Å². The molecule has 2 N–H and O–H groups in total. The summed E-state index contributed by atoms with van der Waals surface area (Å²) < 4.78 is 11.3. The number of aromatic nitrogens is 1. The maximum Gasteiger partial charge on any atom is 0.335 e. The Bertz CT molecular complexity index is 1150. The van der Waals surface area contributed by atoms with Crippen LogP contribution in [0.3, 0.4) is 0 Å². The summed E-state index contributed by atoms with van der Waals surface area (Å²) in [4.78, 5) is 29.7. The van der Waals surface area contributed by atoms with Crippen molar-refractivity contribution in [3.05, 3.63) is 77.8 Å². The third-order valence-corrected chi connectivity index (χ3v) is 5.47. The van der Waals surface area contributed by atoms with E-state index in [9.17, 15) is 14.7 Å². The molecule has 1 fully saturated rings. The molecule has 2 aromatic heterocycles. The molecule has 0 bridgehead atoms. The minimum absolute atomic E-state index is 0.0434. The Morgan fingerprint density at radius 2 is 2.06 bits per heavy atom. The van der Waals surface area contributed by atoms with E-state index < -0.39 is 18.0 Å². The van der Waals surface area contributed by atoms with Crippen molar-refractivity contribution < 1.29 is 23.8 Å². The van der Waals surface area contributed by atoms with Gasteiger partial charge in [0.05, 0.1) is 23.9 Å². The van der Waals surface area contributed by atoms with Crippen LogP contribution in [0.4, 0.5) is 0 Å². The molecule has 0 amide bonds. The zero-order chi connectivity index (χ0) is 22.7. The number of carbonyl (C=O) groups is 2. The first kappa shape index (κ1) is 21.5. The van der Waals surface area contributed by atoms with Gasteiger partial charge in [0.15, 0.2) is 5.11 Å². The Morgan fingerprint density at radius 3 is 2.78 bits per heavy atom. The van der Waals surface area contributed by atoms with Crippen LogP contribution in [0.2, 0.25) is 0 Å². The van der Waals surface area contributed by atoms with E-state index >= 15 is 0 Å². The van der Waals surface area contributed by atoms with Gasteiger partial charge in [0.25, 0.3) is 0 Å². The second-order valence-corrected chi connectivity index (χ2v) is 7.53. The number of carboxylic acids is 1. The van der Waals surface area contributed by atoms with E-state index in [1.54, 1.807) is 48.4 Å². The number of carboxylic acid groups (broad SMARTS) is 1. The number of ether oxygens (including phenoxy) is 1. The minimum Gasteiger partial charge on any atom is -0.478 e. The van der Waals surface area contributed by atoms with E-state index in [1.165, 1.54) is 6.07 Å². The number of hydrogen-bond donors (Lipinski definition) is 2. The van der Waals surface area contributed by atoms with Gasteiger partial charge in [0.2, 0.25) is 0 Å². The average Bonchev–Trinajstić information content (AvgIpc) is 3.40. The lowest BCUT2D eigenvalue weighted by Gasteiger charge is -2.25. The molecule has 3 aromatic rings. The molecule has 1 saturated heterocycles. The monoisotopic (exact) mass is 451 g/mol. The number of pyridine rings is 1. The van der Waals surface area contributed by atoms with Gasteiger partial charge in [0.1, 0.15) is 24.1 Å². The number of carbonyl (C=O) groups excluding carboxylic acids is 1. The first-order valence-electron chi connectivity index (χ1n) is 10.0. The van der Waals surface area contributed by atoms with E-state index in [0.717, 1.165) is 5.69 Å². The highest BCUT2D eigenvalue weighted by atomic mass is 32.1. The molecule has 3 heterocycles. The van der Waals surface area contributed by atoms with Crippen molar-refractivity contribution in [3.63, 3.8) is 0 Å². The molecule has 2 atom stereocenters. The van der Waals surface area contributed by atoms with Crippen molar-refractivity contribution in [2.75, 3.05) is 13.2 Å². The molecule has 0 unspecified atom stereocenters. The number of rotatable bonds is 7. The van der Waals surface area contributed by atoms with Crippen molar-refractivity contribution in [1.82, 2.24) is 15.2 Å². The van der Waals surface area contributed by atoms with Gasteiger partial charge in [-0.3, -0.25) is 9.78 Å². The van der Waals surface area contributed by atoms with Crippen LogP contribution in [-0.4, -0.2) is 45.2 Å². The molecule has 1 aliphatic heterocycles. The Kier molecular flexibility index (Phi) is 6.18. The summed E-state index contributed by atoms with van der Waals surface area (Å²) in [7, 11) is 0. The Morgan fingerprint density at radius 1 is 1.22 bits per heavy atom. The molecule has 1 aliphatic rings. The quantitative estimate of drug-likeness (QED) is 0.412. The zero-order valence-corrected chi connectivity index (χ0v) is 18.0. The van der Waals surface area contributed by atoms with Crippen LogP contribution in [-0.2, 0) is 9.53 Å². The fourth-order valence-corrected chi connectivity index (χ4v) is 4.01. The third kappa shape index (κ3) is 4.33. The first-order valence-corrected chi connectivity index (χ1v) is 10.5. The number of benzene rings is 1. The lowest BCUT2D eigenvalue weighted by molar-refractivity contribution is -0.143. The van der Waals surface area contributed by atoms with Crippen LogP contribution < -0.4 is 5.32 Å².